The zero-order chi connectivity index (χ0) is 19.4. The van der Waals surface area contributed by atoms with Crippen molar-refractivity contribution in [2.75, 3.05) is 26.0 Å². The van der Waals surface area contributed by atoms with Crippen molar-refractivity contribution in [2.24, 2.45) is 7.05 Å². The van der Waals surface area contributed by atoms with Crippen LogP contribution in [0.4, 0.5) is 5.69 Å². The summed E-state index contributed by atoms with van der Waals surface area (Å²) in [5.41, 5.74) is 1.08. The molecule has 0 saturated carbocycles. The lowest BCUT2D eigenvalue weighted by Gasteiger charge is -2.12. The average Bonchev–Trinajstić information content (AvgIpc) is 3.29. The number of carbonyl (C=O) groups excluding carboxylic acids is 2. The van der Waals surface area contributed by atoms with Gasteiger partial charge in [0, 0.05) is 39.2 Å². The van der Waals surface area contributed by atoms with Crippen molar-refractivity contribution in [3.8, 4) is 11.6 Å². The number of amides is 2. The molecule has 0 unspecified atom stereocenters. The van der Waals surface area contributed by atoms with Gasteiger partial charge in [0.05, 0.1) is 6.20 Å². The van der Waals surface area contributed by atoms with E-state index in [4.69, 9.17) is 4.74 Å². The summed E-state index contributed by atoms with van der Waals surface area (Å²) in [6.45, 7) is -0.0331. The highest BCUT2D eigenvalue weighted by atomic mass is 16.5. The van der Waals surface area contributed by atoms with Gasteiger partial charge in [0.1, 0.15) is 17.1 Å². The van der Waals surface area contributed by atoms with E-state index in [1.54, 1.807) is 50.1 Å². The number of hydrogen-bond acceptors (Lipinski definition) is 4. The normalized spacial score (nSPS) is 10.5. The van der Waals surface area contributed by atoms with Crippen LogP contribution < -0.4 is 10.1 Å². The molecule has 1 N–H and O–H groups in total. The Labute approximate surface area is 157 Å². The van der Waals surface area contributed by atoms with Gasteiger partial charge in [-0.1, -0.05) is 0 Å². The van der Waals surface area contributed by atoms with E-state index >= 15 is 0 Å². The van der Waals surface area contributed by atoms with Crippen LogP contribution in [0.1, 0.15) is 10.4 Å². The minimum absolute atomic E-state index is 0.0331. The molecular formula is C19H21N5O3. The van der Waals surface area contributed by atoms with Crippen molar-refractivity contribution in [2.45, 2.75) is 0 Å². The Bertz CT molecular complexity index is 927. The van der Waals surface area contributed by atoms with Gasteiger partial charge in [-0.3, -0.25) is 14.3 Å². The van der Waals surface area contributed by atoms with Gasteiger partial charge in [0.25, 0.3) is 11.8 Å². The number of rotatable bonds is 6. The number of nitrogens with zero attached hydrogens (tertiary/aromatic N) is 4. The first-order valence-corrected chi connectivity index (χ1v) is 8.35. The Hall–Kier alpha value is -3.55. The highest BCUT2D eigenvalue weighted by Crippen LogP contribution is 2.19. The van der Waals surface area contributed by atoms with E-state index in [1.807, 2.05) is 29.1 Å². The number of benzene rings is 1. The summed E-state index contributed by atoms with van der Waals surface area (Å²) >= 11 is 0. The molecule has 0 fully saturated rings. The predicted octanol–water partition coefficient (Wildman–Crippen LogP) is 1.93. The van der Waals surface area contributed by atoms with Crippen LogP contribution in [0.3, 0.4) is 0 Å². The van der Waals surface area contributed by atoms with Gasteiger partial charge in [-0.2, -0.15) is 5.10 Å². The fraction of sp³-hybridized carbons (Fsp3) is 0.211. The fourth-order valence-corrected chi connectivity index (χ4v) is 2.48. The van der Waals surface area contributed by atoms with E-state index in [9.17, 15) is 9.59 Å². The van der Waals surface area contributed by atoms with Crippen LogP contribution in [0.5, 0.6) is 5.75 Å². The van der Waals surface area contributed by atoms with Crippen LogP contribution in [-0.2, 0) is 11.8 Å². The zero-order valence-electron chi connectivity index (χ0n) is 15.4. The van der Waals surface area contributed by atoms with Crippen molar-refractivity contribution in [1.29, 1.82) is 0 Å². The topological polar surface area (TPSA) is 81.4 Å². The van der Waals surface area contributed by atoms with Gasteiger partial charge in [0.2, 0.25) is 0 Å². The number of carbonyl (C=O) groups is 2. The molecule has 0 bridgehead atoms. The molecule has 3 aromatic rings. The molecule has 0 saturated heterocycles. The molecule has 2 aromatic heterocycles. The van der Waals surface area contributed by atoms with E-state index in [1.165, 1.54) is 11.1 Å². The number of anilines is 1. The summed E-state index contributed by atoms with van der Waals surface area (Å²) in [5.74, 6) is 0.849. The third-order valence-electron chi connectivity index (χ3n) is 3.97. The smallest absolute Gasteiger partial charge is 0.261 e. The fourth-order valence-electron chi connectivity index (χ4n) is 2.48. The molecule has 8 heteroatoms. The summed E-state index contributed by atoms with van der Waals surface area (Å²) in [6, 6.07) is 10.6. The van der Waals surface area contributed by atoms with E-state index in [-0.39, 0.29) is 18.4 Å². The molecule has 3 rings (SSSR count). The first-order valence-electron chi connectivity index (χ1n) is 8.35. The third kappa shape index (κ3) is 4.17. The molecule has 0 atom stereocenters. The number of aromatic nitrogens is 3. The van der Waals surface area contributed by atoms with E-state index < -0.39 is 0 Å². The Morgan fingerprint density at radius 2 is 1.81 bits per heavy atom. The molecular weight excluding hydrogens is 346 g/mol. The molecule has 0 aliphatic carbocycles. The monoisotopic (exact) mass is 367 g/mol. The summed E-state index contributed by atoms with van der Waals surface area (Å²) in [5, 5.41) is 7.03. The van der Waals surface area contributed by atoms with Crippen LogP contribution in [0.25, 0.3) is 5.82 Å². The second-order valence-corrected chi connectivity index (χ2v) is 6.15. The minimum atomic E-state index is -0.261. The third-order valence-corrected chi connectivity index (χ3v) is 3.97. The number of likely N-dealkylation sites (N-methyl/N-ethyl adjacent to an activating group) is 1. The molecule has 2 amide bonds. The molecule has 27 heavy (non-hydrogen) atoms. The summed E-state index contributed by atoms with van der Waals surface area (Å²) in [7, 11) is 5.13. The lowest BCUT2D eigenvalue weighted by Crippen LogP contribution is -2.27. The molecule has 0 aliphatic heterocycles. The van der Waals surface area contributed by atoms with Crippen LogP contribution in [0.2, 0.25) is 0 Å². The maximum Gasteiger partial charge on any atom is 0.261 e. The van der Waals surface area contributed by atoms with Crippen LogP contribution in [0.15, 0.2) is 55.0 Å². The van der Waals surface area contributed by atoms with Crippen LogP contribution >= 0.6 is 0 Å². The summed E-state index contributed by atoms with van der Waals surface area (Å²) in [4.78, 5) is 25.7. The molecule has 140 valence electrons. The Morgan fingerprint density at radius 3 is 2.44 bits per heavy atom. The Balaban J connectivity index is 1.68. The summed E-state index contributed by atoms with van der Waals surface area (Å²) in [6.07, 6.45) is 5.25. The SMILES string of the molecule is CN(C)C(=O)COc1ccc(NC(=O)c2cnn(C)c2-n2cccc2)cc1. The largest absolute Gasteiger partial charge is 0.484 e. The second kappa shape index (κ2) is 7.77. The standard InChI is InChI=1S/C19H21N5O3/c1-22(2)17(25)13-27-15-8-6-14(7-9-15)21-18(26)16-12-20-23(3)19(16)24-10-4-5-11-24/h4-12H,13H2,1-3H3,(H,21,26). The van der Waals surface area contributed by atoms with E-state index in [0.717, 1.165) is 0 Å². The molecule has 8 nitrogen and oxygen atoms in total. The van der Waals surface area contributed by atoms with E-state index in [0.29, 0.717) is 22.8 Å². The Morgan fingerprint density at radius 1 is 1.15 bits per heavy atom. The first kappa shape index (κ1) is 18.2. The van der Waals surface area contributed by atoms with Gasteiger partial charge in [-0.15, -0.1) is 0 Å². The molecule has 2 heterocycles. The van der Waals surface area contributed by atoms with Crippen LogP contribution in [-0.4, -0.2) is 51.8 Å². The predicted molar refractivity (Wildman–Crippen MR) is 101 cm³/mol. The molecule has 0 radical (unpaired) electrons. The van der Waals surface area contributed by atoms with E-state index in [2.05, 4.69) is 10.4 Å². The van der Waals surface area contributed by atoms with Crippen molar-refractivity contribution in [3.63, 3.8) is 0 Å². The highest BCUT2D eigenvalue weighted by molar-refractivity contribution is 6.06. The van der Waals surface area contributed by atoms with Gasteiger partial charge in [-0.25, -0.2) is 0 Å². The van der Waals surface area contributed by atoms with Crippen LogP contribution in [0, 0.1) is 0 Å². The Kier molecular flexibility index (Phi) is 5.25. The van der Waals surface area contributed by atoms with Gasteiger partial charge < -0.3 is 19.5 Å². The number of aryl methyl sites for hydroxylation is 1. The minimum Gasteiger partial charge on any atom is -0.484 e. The average molecular weight is 367 g/mol. The van der Waals surface area contributed by atoms with Gasteiger partial charge in [0.15, 0.2) is 6.61 Å². The van der Waals surface area contributed by atoms with Crippen molar-refractivity contribution in [1.82, 2.24) is 19.2 Å². The number of nitrogens with one attached hydrogen (secondary N) is 1. The summed E-state index contributed by atoms with van der Waals surface area (Å²) < 4.78 is 8.90. The molecule has 1 aromatic carbocycles. The quantitative estimate of drug-likeness (QED) is 0.722. The maximum absolute atomic E-state index is 12.7. The lowest BCUT2D eigenvalue weighted by atomic mass is 10.2. The van der Waals surface area contributed by atoms with Gasteiger partial charge >= 0.3 is 0 Å². The molecule has 0 aliphatic rings. The number of hydrogen-bond donors (Lipinski definition) is 1. The van der Waals surface area contributed by atoms with Crippen molar-refractivity contribution >= 4 is 17.5 Å². The second-order valence-electron chi connectivity index (χ2n) is 6.15. The first-order chi connectivity index (χ1) is 13.0. The van der Waals surface area contributed by atoms with Gasteiger partial charge in [-0.05, 0) is 36.4 Å². The maximum atomic E-state index is 12.7. The highest BCUT2D eigenvalue weighted by Gasteiger charge is 2.17. The number of ether oxygens (including phenoxy) is 1. The van der Waals surface area contributed by atoms with Crippen molar-refractivity contribution in [3.05, 3.63) is 60.6 Å². The molecule has 0 spiro atoms. The lowest BCUT2D eigenvalue weighted by molar-refractivity contribution is -0.130. The van der Waals surface area contributed by atoms with Crippen molar-refractivity contribution < 1.29 is 14.3 Å². The zero-order valence-corrected chi connectivity index (χ0v) is 15.4.